The lowest BCUT2D eigenvalue weighted by Crippen LogP contribution is -2.30. The first-order valence-corrected chi connectivity index (χ1v) is 8.26. The van der Waals surface area contributed by atoms with Gasteiger partial charge in [0.2, 0.25) is 5.91 Å². The Morgan fingerprint density at radius 3 is 2.35 bits per heavy atom. The third-order valence-electron chi connectivity index (χ3n) is 4.27. The van der Waals surface area contributed by atoms with Gasteiger partial charge in [-0.3, -0.25) is 19.3 Å². The van der Waals surface area contributed by atoms with Crippen molar-refractivity contribution in [2.45, 2.75) is 25.7 Å². The van der Waals surface area contributed by atoms with Crippen molar-refractivity contribution in [3.8, 4) is 6.07 Å². The van der Waals surface area contributed by atoms with E-state index >= 15 is 0 Å². The lowest BCUT2D eigenvalue weighted by molar-refractivity contribution is 0.0649. The van der Waals surface area contributed by atoms with Gasteiger partial charge in [-0.1, -0.05) is 18.6 Å². The molecule has 2 amide bonds. The maximum atomic E-state index is 12.2. The van der Waals surface area contributed by atoms with Crippen LogP contribution in [0, 0.1) is 11.3 Å². The van der Waals surface area contributed by atoms with Gasteiger partial charge in [-0.25, -0.2) is 4.68 Å². The quantitative estimate of drug-likeness (QED) is 0.626. The SMILES string of the molecule is N#Cc1cn(C(=O)CCCCCN2C(=O)c3ccccc3C2=O)nc1N. The third-order valence-corrected chi connectivity index (χ3v) is 4.27. The topological polar surface area (TPSA) is 122 Å². The largest absolute Gasteiger partial charge is 0.381 e. The monoisotopic (exact) mass is 351 g/mol. The summed E-state index contributed by atoms with van der Waals surface area (Å²) in [5.41, 5.74) is 6.58. The van der Waals surface area contributed by atoms with E-state index in [0.29, 0.717) is 36.9 Å². The molecule has 1 aliphatic rings. The van der Waals surface area contributed by atoms with E-state index in [2.05, 4.69) is 5.10 Å². The average molecular weight is 351 g/mol. The van der Waals surface area contributed by atoms with Gasteiger partial charge in [-0.2, -0.15) is 5.26 Å². The Bertz CT molecular complexity index is 890. The van der Waals surface area contributed by atoms with Crippen LogP contribution in [-0.4, -0.2) is 38.9 Å². The summed E-state index contributed by atoms with van der Waals surface area (Å²) in [6, 6.07) is 8.64. The predicted molar refractivity (Wildman–Crippen MR) is 92.3 cm³/mol. The molecule has 0 aliphatic carbocycles. The van der Waals surface area contributed by atoms with Crippen molar-refractivity contribution in [1.82, 2.24) is 14.7 Å². The standard InChI is InChI=1S/C18H17N5O3/c19-10-12-11-23(21-16(12)20)15(24)8-2-1-5-9-22-17(25)13-6-3-4-7-14(13)18(22)26/h3-4,6-7,11H,1-2,5,8-9H2,(H2,20,21). The molecule has 0 saturated heterocycles. The lowest BCUT2D eigenvalue weighted by Gasteiger charge is -2.13. The van der Waals surface area contributed by atoms with Gasteiger partial charge in [-0.05, 0) is 25.0 Å². The van der Waals surface area contributed by atoms with E-state index in [4.69, 9.17) is 11.0 Å². The number of amides is 2. The molecule has 1 aromatic carbocycles. The van der Waals surface area contributed by atoms with Crippen LogP contribution in [0.25, 0.3) is 0 Å². The van der Waals surface area contributed by atoms with Crippen molar-refractivity contribution < 1.29 is 14.4 Å². The number of benzene rings is 1. The van der Waals surface area contributed by atoms with Crippen LogP contribution in [0.5, 0.6) is 0 Å². The molecule has 8 nitrogen and oxygen atoms in total. The number of aromatic nitrogens is 2. The first kappa shape index (κ1) is 17.4. The minimum Gasteiger partial charge on any atom is -0.381 e. The number of carbonyl (C=O) groups excluding carboxylic acids is 3. The third kappa shape index (κ3) is 3.19. The molecule has 3 rings (SSSR count). The molecular formula is C18H17N5O3. The number of rotatable bonds is 6. The molecule has 0 unspecified atom stereocenters. The summed E-state index contributed by atoms with van der Waals surface area (Å²) in [5.74, 6) is -0.749. The Hall–Kier alpha value is -3.47. The Morgan fingerprint density at radius 2 is 1.77 bits per heavy atom. The molecule has 2 N–H and O–H groups in total. The predicted octanol–water partition coefficient (Wildman–Crippen LogP) is 1.83. The normalized spacial score (nSPS) is 13.0. The molecule has 0 fully saturated rings. The number of carbonyl (C=O) groups is 3. The van der Waals surface area contributed by atoms with Crippen LogP contribution in [0.4, 0.5) is 5.82 Å². The van der Waals surface area contributed by atoms with Gasteiger partial charge < -0.3 is 5.73 Å². The molecular weight excluding hydrogens is 334 g/mol. The van der Waals surface area contributed by atoms with Gasteiger partial charge >= 0.3 is 0 Å². The van der Waals surface area contributed by atoms with E-state index in [9.17, 15) is 14.4 Å². The fourth-order valence-corrected chi connectivity index (χ4v) is 2.88. The van der Waals surface area contributed by atoms with E-state index in [0.717, 1.165) is 4.68 Å². The van der Waals surface area contributed by atoms with Crippen molar-refractivity contribution in [1.29, 1.82) is 5.26 Å². The number of hydrogen-bond acceptors (Lipinski definition) is 6. The molecule has 0 bridgehead atoms. The van der Waals surface area contributed by atoms with Crippen LogP contribution in [0.3, 0.4) is 0 Å². The van der Waals surface area contributed by atoms with Gasteiger partial charge in [-0.15, -0.1) is 5.10 Å². The summed E-state index contributed by atoms with van der Waals surface area (Å²) in [7, 11) is 0. The second kappa shape index (κ2) is 7.19. The zero-order chi connectivity index (χ0) is 18.7. The number of hydrogen-bond donors (Lipinski definition) is 1. The minimum absolute atomic E-state index is 0.0338. The first-order valence-electron chi connectivity index (χ1n) is 8.26. The highest BCUT2D eigenvalue weighted by Crippen LogP contribution is 2.22. The Balaban J connectivity index is 1.45. The number of nitrogens with zero attached hydrogens (tertiary/aromatic N) is 4. The van der Waals surface area contributed by atoms with Crippen molar-refractivity contribution in [3.05, 3.63) is 47.2 Å². The van der Waals surface area contributed by atoms with Crippen LogP contribution >= 0.6 is 0 Å². The molecule has 0 radical (unpaired) electrons. The zero-order valence-corrected chi connectivity index (χ0v) is 14.0. The molecule has 2 aromatic rings. The van der Waals surface area contributed by atoms with Crippen LogP contribution < -0.4 is 5.73 Å². The van der Waals surface area contributed by atoms with E-state index in [-0.39, 0.29) is 35.5 Å². The van der Waals surface area contributed by atoms with Crippen LogP contribution in [-0.2, 0) is 0 Å². The molecule has 0 spiro atoms. The van der Waals surface area contributed by atoms with E-state index in [1.807, 2.05) is 6.07 Å². The van der Waals surface area contributed by atoms with Crippen molar-refractivity contribution in [2.24, 2.45) is 0 Å². The minimum atomic E-state index is -0.266. The molecule has 0 saturated carbocycles. The van der Waals surface area contributed by atoms with Crippen LogP contribution in [0.15, 0.2) is 30.5 Å². The Morgan fingerprint density at radius 1 is 1.12 bits per heavy atom. The molecule has 26 heavy (non-hydrogen) atoms. The number of imide groups is 1. The van der Waals surface area contributed by atoms with Gasteiger partial charge in [0.25, 0.3) is 11.8 Å². The summed E-state index contributed by atoms with van der Waals surface area (Å²) in [4.78, 5) is 37.7. The number of unbranched alkanes of at least 4 members (excludes halogenated alkanes) is 2. The molecule has 1 aliphatic heterocycles. The Kier molecular flexibility index (Phi) is 4.80. The second-order valence-electron chi connectivity index (χ2n) is 6.00. The maximum absolute atomic E-state index is 12.2. The second-order valence-corrected chi connectivity index (χ2v) is 6.00. The van der Waals surface area contributed by atoms with Crippen LogP contribution in [0.2, 0.25) is 0 Å². The first-order chi connectivity index (χ1) is 12.5. The summed E-state index contributed by atoms with van der Waals surface area (Å²) in [5, 5.41) is 12.6. The molecule has 1 aromatic heterocycles. The summed E-state index contributed by atoms with van der Waals surface area (Å²) < 4.78 is 1.08. The number of nitrogens with two attached hydrogens (primary N) is 1. The zero-order valence-electron chi connectivity index (χ0n) is 14.0. The number of fused-ring (bicyclic) bond motifs is 1. The fraction of sp³-hybridized carbons (Fsp3) is 0.278. The number of anilines is 1. The number of nitriles is 1. The molecule has 2 heterocycles. The smallest absolute Gasteiger partial charge is 0.261 e. The maximum Gasteiger partial charge on any atom is 0.261 e. The highest BCUT2D eigenvalue weighted by Gasteiger charge is 2.34. The van der Waals surface area contributed by atoms with Crippen LogP contribution in [0.1, 0.15) is 56.8 Å². The molecule has 132 valence electrons. The highest BCUT2D eigenvalue weighted by molar-refractivity contribution is 6.21. The van der Waals surface area contributed by atoms with Gasteiger partial charge in [0.05, 0.1) is 17.3 Å². The van der Waals surface area contributed by atoms with Crippen molar-refractivity contribution >= 4 is 23.5 Å². The van der Waals surface area contributed by atoms with Gasteiger partial charge in [0, 0.05) is 13.0 Å². The van der Waals surface area contributed by atoms with E-state index < -0.39 is 0 Å². The van der Waals surface area contributed by atoms with E-state index in [1.165, 1.54) is 11.1 Å². The van der Waals surface area contributed by atoms with Crippen molar-refractivity contribution in [3.63, 3.8) is 0 Å². The van der Waals surface area contributed by atoms with Gasteiger partial charge in [0.1, 0.15) is 11.6 Å². The fourth-order valence-electron chi connectivity index (χ4n) is 2.88. The lowest BCUT2D eigenvalue weighted by atomic mass is 10.1. The van der Waals surface area contributed by atoms with E-state index in [1.54, 1.807) is 24.3 Å². The van der Waals surface area contributed by atoms with Gasteiger partial charge in [0.15, 0.2) is 5.82 Å². The summed E-state index contributed by atoms with van der Waals surface area (Å²) >= 11 is 0. The molecule has 8 heteroatoms. The average Bonchev–Trinajstić information content (AvgIpc) is 3.14. The van der Waals surface area contributed by atoms with Crippen molar-refractivity contribution in [2.75, 3.05) is 12.3 Å². The number of nitrogen functional groups attached to an aromatic ring is 1. The summed E-state index contributed by atoms with van der Waals surface area (Å²) in [6.07, 6.45) is 3.44. The highest BCUT2D eigenvalue weighted by atomic mass is 16.2. The Labute approximate surface area is 149 Å². The molecule has 0 atom stereocenters. The summed E-state index contributed by atoms with van der Waals surface area (Å²) in [6.45, 7) is 0.327.